The number of benzene rings is 1. The number of nitrogens with zero attached hydrogens (tertiary/aromatic N) is 1. The molecule has 0 bridgehead atoms. The van der Waals surface area contributed by atoms with Gasteiger partial charge in [0.2, 0.25) is 5.91 Å². The van der Waals surface area contributed by atoms with E-state index in [9.17, 15) is 4.79 Å². The lowest BCUT2D eigenvalue weighted by Crippen LogP contribution is -2.47. The number of nitrogens with two attached hydrogens (primary N) is 1. The predicted molar refractivity (Wildman–Crippen MR) is 79.4 cm³/mol. The molecule has 1 atom stereocenters. The fourth-order valence-electron chi connectivity index (χ4n) is 2.22. The summed E-state index contributed by atoms with van der Waals surface area (Å²) in [5.41, 5.74) is 7.10. The Balaban J connectivity index is 2.11. The van der Waals surface area contributed by atoms with Gasteiger partial charge in [-0.15, -0.1) is 0 Å². The van der Waals surface area contributed by atoms with Crippen molar-refractivity contribution in [1.29, 1.82) is 0 Å². The molecular weight excluding hydrogens is 252 g/mol. The molecule has 0 heterocycles. The Morgan fingerprint density at radius 1 is 1.45 bits per heavy atom. The maximum Gasteiger partial charge on any atom is 0.240 e. The molecule has 1 aromatic rings. The molecule has 1 saturated carbocycles. The van der Waals surface area contributed by atoms with E-state index in [1.165, 1.54) is 0 Å². The first kappa shape index (κ1) is 14.9. The van der Waals surface area contributed by atoms with E-state index in [1.54, 1.807) is 7.11 Å². The van der Waals surface area contributed by atoms with Crippen LogP contribution in [-0.2, 0) is 11.3 Å². The van der Waals surface area contributed by atoms with E-state index in [2.05, 4.69) is 0 Å². The zero-order valence-electron chi connectivity index (χ0n) is 12.5. The van der Waals surface area contributed by atoms with Gasteiger partial charge in [-0.05, 0) is 36.5 Å². The van der Waals surface area contributed by atoms with Gasteiger partial charge in [0.25, 0.3) is 0 Å². The Labute approximate surface area is 120 Å². The van der Waals surface area contributed by atoms with Gasteiger partial charge in [0.15, 0.2) is 0 Å². The highest BCUT2D eigenvalue weighted by atomic mass is 16.5. The highest BCUT2D eigenvalue weighted by Gasteiger charge is 2.35. The third-order valence-electron chi connectivity index (χ3n) is 3.76. The number of ether oxygens (including phenoxy) is 1. The summed E-state index contributed by atoms with van der Waals surface area (Å²) in [6.45, 7) is 4.58. The maximum absolute atomic E-state index is 12.5. The lowest BCUT2D eigenvalue weighted by molar-refractivity contribution is -0.134. The van der Waals surface area contributed by atoms with Crippen LogP contribution in [0.4, 0.5) is 0 Å². The van der Waals surface area contributed by atoms with Crippen LogP contribution in [0, 0.1) is 5.92 Å². The van der Waals surface area contributed by atoms with Crippen molar-refractivity contribution in [3.8, 4) is 5.75 Å². The molecule has 4 heteroatoms. The molecule has 1 aromatic carbocycles. The van der Waals surface area contributed by atoms with Crippen molar-refractivity contribution in [2.24, 2.45) is 11.7 Å². The summed E-state index contributed by atoms with van der Waals surface area (Å²) in [5, 5.41) is 0. The normalized spacial score (nSPS) is 16.1. The molecule has 2 rings (SSSR count). The molecule has 20 heavy (non-hydrogen) atoms. The Morgan fingerprint density at radius 3 is 2.70 bits per heavy atom. The molecule has 0 aliphatic heterocycles. The lowest BCUT2D eigenvalue weighted by Gasteiger charge is -2.27. The summed E-state index contributed by atoms with van der Waals surface area (Å²) in [4.78, 5) is 14.4. The van der Waals surface area contributed by atoms with E-state index in [0.717, 1.165) is 24.2 Å². The minimum atomic E-state index is -0.416. The van der Waals surface area contributed by atoms with Crippen LogP contribution in [0.3, 0.4) is 0 Å². The van der Waals surface area contributed by atoms with Gasteiger partial charge in [-0.3, -0.25) is 4.79 Å². The maximum atomic E-state index is 12.5. The van der Waals surface area contributed by atoms with Gasteiger partial charge >= 0.3 is 0 Å². The van der Waals surface area contributed by atoms with E-state index in [-0.39, 0.29) is 11.8 Å². The second kappa shape index (κ2) is 6.27. The van der Waals surface area contributed by atoms with Crippen LogP contribution < -0.4 is 10.5 Å². The molecule has 1 amide bonds. The molecule has 0 radical (unpaired) electrons. The van der Waals surface area contributed by atoms with Gasteiger partial charge in [-0.1, -0.05) is 26.0 Å². The third-order valence-corrected chi connectivity index (χ3v) is 3.76. The highest BCUT2D eigenvalue weighted by Crippen LogP contribution is 2.30. The minimum Gasteiger partial charge on any atom is -0.497 e. The third kappa shape index (κ3) is 3.51. The van der Waals surface area contributed by atoms with Crippen LogP contribution in [0.2, 0.25) is 0 Å². The highest BCUT2D eigenvalue weighted by molar-refractivity contribution is 5.82. The fraction of sp³-hybridized carbons (Fsp3) is 0.562. The van der Waals surface area contributed by atoms with Crippen LogP contribution in [0.1, 0.15) is 32.3 Å². The quantitative estimate of drug-likeness (QED) is 0.866. The zero-order valence-corrected chi connectivity index (χ0v) is 12.5. The fourth-order valence-corrected chi connectivity index (χ4v) is 2.22. The Kier molecular flexibility index (Phi) is 4.65. The standard InChI is InChI=1S/C16H24N2O2/c1-11(2)15(17)16(19)18(13-7-8-13)10-12-5-4-6-14(9-12)20-3/h4-6,9,11,13,15H,7-8,10,17H2,1-3H3/t15-/m0/s1. The van der Waals surface area contributed by atoms with Gasteiger partial charge in [0.05, 0.1) is 13.2 Å². The van der Waals surface area contributed by atoms with Gasteiger partial charge in [-0.25, -0.2) is 0 Å². The molecular formula is C16H24N2O2. The Hall–Kier alpha value is -1.55. The van der Waals surface area contributed by atoms with Crippen molar-refractivity contribution in [2.45, 2.75) is 45.3 Å². The average molecular weight is 276 g/mol. The van der Waals surface area contributed by atoms with E-state index in [0.29, 0.717) is 12.6 Å². The zero-order chi connectivity index (χ0) is 14.7. The van der Waals surface area contributed by atoms with Crippen LogP contribution in [-0.4, -0.2) is 30.0 Å². The second-order valence-corrected chi connectivity index (χ2v) is 5.82. The molecule has 110 valence electrons. The Bertz CT molecular complexity index is 469. The molecule has 4 nitrogen and oxygen atoms in total. The summed E-state index contributed by atoms with van der Waals surface area (Å²) in [6, 6.07) is 7.80. The lowest BCUT2D eigenvalue weighted by atomic mass is 10.0. The van der Waals surface area contributed by atoms with Crippen LogP contribution in [0.5, 0.6) is 5.75 Å². The van der Waals surface area contributed by atoms with Crippen molar-refractivity contribution in [1.82, 2.24) is 4.90 Å². The van der Waals surface area contributed by atoms with Gasteiger partial charge in [0, 0.05) is 12.6 Å². The van der Waals surface area contributed by atoms with Crippen molar-refractivity contribution in [2.75, 3.05) is 7.11 Å². The van der Waals surface area contributed by atoms with E-state index in [4.69, 9.17) is 10.5 Å². The smallest absolute Gasteiger partial charge is 0.240 e. The first-order valence-corrected chi connectivity index (χ1v) is 7.22. The Morgan fingerprint density at radius 2 is 2.15 bits per heavy atom. The molecule has 1 aliphatic rings. The molecule has 1 aliphatic carbocycles. The molecule has 0 saturated heterocycles. The van der Waals surface area contributed by atoms with E-state index < -0.39 is 6.04 Å². The number of carbonyl (C=O) groups excluding carboxylic acids is 1. The minimum absolute atomic E-state index is 0.0605. The number of hydrogen-bond donors (Lipinski definition) is 1. The summed E-state index contributed by atoms with van der Waals surface area (Å²) >= 11 is 0. The number of rotatable bonds is 6. The summed E-state index contributed by atoms with van der Waals surface area (Å²) in [7, 11) is 1.65. The molecule has 2 N–H and O–H groups in total. The van der Waals surface area contributed by atoms with Crippen molar-refractivity contribution < 1.29 is 9.53 Å². The predicted octanol–water partition coefficient (Wildman–Crippen LogP) is 2.17. The van der Waals surface area contributed by atoms with Crippen molar-refractivity contribution in [3.63, 3.8) is 0 Å². The number of carbonyl (C=O) groups is 1. The topological polar surface area (TPSA) is 55.6 Å². The van der Waals surface area contributed by atoms with Crippen LogP contribution >= 0.6 is 0 Å². The molecule has 1 fully saturated rings. The molecule has 0 unspecified atom stereocenters. The van der Waals surface area contributed by atoms with Crippen molar-refractivity contribution in [3.05, 3.63) is 29.8 Å². The number of methoxy groups -OCH3 is 1. The molecule has 0 aromatic heterocycles. The number of hydrogen-bond acceptors (Lipinski definition) is 3. The van der Waals surface area contributed by atoms with Crippen LogP contribution in [0.15, 0.2) is 24.3 Å². The van der Waals surface area contributed by atoms with Gasteiger partial charge in [-0.2, -0.15) is 0 Å². The van der Waals surface area contributed by atoms with E-state index >= 15 is 0 Å². The largest absolute Gasteiger partial charge is 0.497 e. The first-order valence-electron chi connectivity index (χ1n) is 7.22. The molecule has 0 spiro atoms. The number of amides is 1. The van der Waals surface area contributed by atoms with Gasteiger partial charge < -0.3 is 15.4 Å². The van der Waals surface area contributed by atoms with Crippen LogP contribution in [0.25, 0.3) is 0 Å². The average Bonchev–Trinajstić information content (AvgIpc) is 3.27. The van der Waals surface area contributed by atoms with Gasteiger partial charge in [0.1, 0.15) is 5.75 Å². The summed E-state index contributed by atoms with van der Waals surface area (Å²) < 4.78 is 5.23. The summed E-state index contributed by atoms with van der Waals surface area (Å²) in [6.07, 6.45) is 2.17. The first-order chi connectivity index (χ1) is 9.52. The monoisotopic (exact) mass is 276 g/mol. The van der Waals surface area contributed by atoms with E-state index in [1.807, 2.05) is 43.0 Å². The summed E-state index contributed by atoms with van der Waals surface area (Å²) in [5.74, 6) is 1.04. The second-order valence-electron chi connectivity index (χ2n) is 5.82. The van der Waals surface area contributed by atoms with Crippen molar-refractivity contribution >= 4 is 5.91 Å². The SMILES string of the molecule is COc1cccc(CN(C(=O)[C@@H](N)C(C)C)C2CC2)c1.